The van der Waals surface area contributed by atoms with Gasteiger partial charge >= 0.3 is 0 Å². The second kappa shape index (κ2) is 5.82. The van der Waals surface area contributed by atoms with Gasteiger partial charge in [-0.15, -0.1) is 0 Å². The molecule has 1 heteroatoms. The Morgan fingerprint density at radius 1 is 1.43 bits per heavy atom. The van der Waals surface area contributed by atoms with Crippen LogP contribution in [0.2, 0.25) is 0 Å². The highest BCUT2D eigenvalue weighted by Gasteiger charge is 2.20. The van der Waals surface area contributed by atoms with E-state index < -0.39 is 0 Å². The van der Waals surface area contributed by atoms with E-state index in [1.807, 2.05) is 25.2 Å². The highest BCUT2D eigenvalue weighted by Crippen LogP contribution is 2.22. The minimum atomic E-state index is 0.151. The van der Waals surface area contributed by atoms with Crippen LogP contribution >= 0.6 is 0 Å². The molecule has 14 heavy (non-hydrogen) atoms. The van der Waals surface area contributed by atoms with Gasteiger partial charge in [-0.1, -0.05) is 51.7 Å². The van der Waals surface area contributed by atoms with Crippen molar-refractivity contribution in [3.8, 4) is 0 Å². The van der Waals surface area contributed by atoms with Crippen LogP contribution < -0.4 is 5.73 Å². The van der Waals surface area contributed by atoms with Crippen molar-refractivity contribution >= 4 is 0 Å². The molecular formula is C13H23N. The average Bonchev–Trinajstić information content (AvgIpc) is 2.10. The highest BCUT2D eigenvalue weighted by atomic mass is 14.7. The third-order valence-electron chi connectivity index (χ3n) is 2.33. The quantitative estimate of drug-likeness (QED) is 0.680. The maximum absolute atomic E-state index is 6.09. The van der Waals surface area contributed by atoms with Crippen molar-refractivity contribution < 1.29 is 0 Å². The Hall–Kier alpha value is -0.820. The second-order valence-corrected chi connectivity index (χ2v) is 4.65. The summed E-state index contributed by atoms with van der Waals surface area (Å²) in [4.78, 5) is 0. The van der Waals surface area contributed by atoms with E-state index in [9.17, 15) is 0 Å². The number of hydrogen-bond acceptors (Lipinski definition) is 1. The van der Waals surface area contributed by atoms with E-state index in [-0.39, 0.29) is 11.5 Å². The van der Waals surface area contributed by atoms with Crippen molar-refractivity contribution in [2.24, 2.45) is 11.1 Å². The first kappa shape index (κ1) is 13.2. The van der Waals surface area contributed by atoms with Gasteiger partial charge in [0.1, 0.15) is 0 Å². The van der Waals surface area contributed by atoms with E-state index >= 15 is 0 Å². The van der Waals surface area contributed by atoms with Gasteiger partial charge in [-0.3, -0.25) is 0 Å². The smallest absolute Gasteiger partial charge is 0.0128 e. The largest absolute Gasteiger partial charge is 0.327 e. The molecule has 0 aromatic heterocycles. The molecule has 1 atom stereocenters. The average molecular weight is 193 g/mol. The van der Waals surface area contributed by atoms with Crippen molar-refractivity contribution in [1.29, 1.82) is 0 Å². The van der Waals surface area contributed by atoms with Gasteiger partial charge in [-0.05, 0) is 24.3 Å². The first-order chi connectivity index (χ1) is 6.41. The molecule has 0 fully saturated rings. The summed E-state index contributed by atoms with van der Waals surface area (Å²) in [6.07, 6.45) is 8.86. The molecule has 1 unspecified atom stereocenters. The van der Waals surface area contributed by atoms with Crippen LogP contribution in [-0.4, -0.2) is 6.04 Å². The lowest BCUT2D eigenvalue weighted by Gasteiger charge is -2.27. The molecule has 0 spiro atoms. The Balaban J connectivity index is 4.40. The third-order valence-corrected chi connectivity index (χ3v) is 2.33. The normalized spacial score (nSPS) is 15.9. The molecule has 0 bridgehead atoms. The minimum Gasteiger partial charge on any atom is -0.327 e. The third kappa shape index (κ3) is 5.03. The molecule has 1 nitrogen and oxygen atoms in total. The minimum absolute atomic E-state index is 0.151. The van der Waals surface area contributed by atoms with Crippen LogP contribution in [0.25, 0.3) is 0 Å². The zero-order chi connectivity index (χ0) is 11.2. The van der Waals surface area contributed by atoms with E-state index in [0.29, 0.717) is 0 Å². The molecule has 0 aliphatic heterocycles. The monoisotopic (exact) mass is 193 g/mol. The van der Waals surface area contributed by atoms with Crippen LogP contribution in [-0.2, 0) is 0 Å². The SMILES string of the molecule is C=C/C(=C\C=C/C)CC(N)C(C)(C)C. The number of allylic oxidation sites excluding steroid dienone is 4. The molecule has 0 saturated heterocycles. The fourth-order valence-electron chi connectivity index (χ4n) is 0.999. The van der Waals surface area contributed by atoms with Crippen LogP contribution in [0.3, 0.4) is 0 Å². The van der Waals surface area contributed by atoms with Crippen molar-refractivity contribution in [2.75, 3.05) is 0 Å². The van der Waals surface area contributed by atoms with Crippen molar-refractivity contribution in [1.82, 2.24) is 0 Å². The predicted octanol–water partition coefficient (Wildman–Crippen LogP) is 3.44. The Kier molecular flexibility index (Phi) is 5.47. The summed E-state index contributed by atoms with van der Waals surface area (Å²) in [5.41, 5.74) is 7.44. The van der Waals surface area contributed by atoms with Crippen molar-refractivity contribution in [3.63, 3.8) is 0 Å². The summed E-state index contributed by atoms with van der Waals surface area (Å²) in [7, 11) is 0. The van der Waals surface area contributed by atoms with Gasteiger partial charge in [0, 0.05) is 6.04 Å². The summed E-state index contributed by atoms with van der Waals surface area (Å²) >= 11 is 0. The van der Waals surface area contributed by atoms with E-state index in [1.54, 1.807) is 0 Å². The Morgan fingerprint density at radius 3 is 2.36 bits per heavy atom. The molecule has 0 aliphatic rings. The highest BCUT2D eigenvalue weighted by molar-refractivity contribution is 5.23. The molecule has 0 radical (unpaired) electrons. The van der Waals surface area contributed by atoms with Gasteiger partial charge < -0.3 is 5.73 Å². The molecule has 0 heterocycles. The standard InChI is InChI=1S/C13H23N/c1-6-8-9-11(7-2)10-12(14)13(3,4)5/h6-9,12H,2,10,14H2,1,3-5H3/b8-6-,11-9+. The Bertz CT molecular complexity index is 228. The van der Waals surface area contributed by atoms with Gasteiger partial charge in [0.05, 0.1) is 0 Å². The number of nitrogens with two attached hydrogens (primary N) is 1. The lowest BCUT2D eigenvalue weighted by atomic mass is 9.83. The summed E-state index contributed by atoms with van der Waals surface area (Å²) in [6, 6.07) is 0.178. The van der Waals surface area contributed by atoms with Gasteiger partial charge in [-0.2, -0.15) is 0 Å². The molecule has 0 amide bonds. The van der Waals surface area contributed by atoms with Crippen LogP contribution in [0.15, 0.2) is 36.5 Å². The first-order valence-electron chi connectivity index (χ1n) is 5.11. The summed E-state index contributed by atoms with van der Waals surface area (Å²) in [6.45, 7) is 12.3. The Labute approximate surface area is 88.4 Å². The molecule has 0 aromatic rings. The first-order valence-corrected chi connectivity index (χ1v) is 5.11. The fraction of sp³-hybridized carbons (Fsp3) is 0.538. The van der Waals surface area contributed by atoms with E-state index in [4.69, 9.17) is 5.73 Å². The zero-order valence-electron chi connectivity index (χ0n) is 9.88. The predicted molar refractivity (Wildman–Crippen MR) is 65.1 cm³/mol. The number of rotatable bonds is 4. The number of hydrogen-bond donors (Lipinski definition) is 1. The lowest BCUT2D eigenvalue weighted by molar-refractivity contribution is 0.319. The summed E-state index contributed by atoms with van der Waals surface area (Å²) in [5, 5.41) is 0. The zero-order valence-corrected chi connectivity index (χ0v) is 9.88. The maximum Gasteiger partial charge on any atom is 0.0128 e. The summed E-state index contributed by atoms with van der Waals surface area (Å²) in [5.74, 6) is 0. The topological polar surface area (TPSA) is 26.0 Å². The maximum atomic E-state index is 6.09. The van der Waals surface area contributed by atoms with Crippen LogP contribution in [0, 0.1) is 5.41 Å². The van der Waals surface area contributed by atoms with E-state index in [1.165, 1.54) is 5.57 Å². The molecule has 0 aliphatic carbocycles. The molecule has 80 valence electrons. The Morgan fingerprint density at radius 2 is 2.00 bits per heavy atom. The molecule has 0 saturated carbocycles. The molecule has 0 aromatic carbocycles. The van der Waals surface area contributed by atoms with Gasteiger partial charge in [0.25, 0.3) is 0 Å². The lowest BCUT2D eigenvalue weighted by Crippen LogP contribution is -2.35. The molecule has 0 rings (SSSR count). The van der Waals surface area contributed by atoms with E-state index in [0.717, 1.165) is 6.42 Å². The van der Waals surface area contributed by atoms with Gasteiger partial charge in [-0.25, -0.2) is 0 Å². The van der Waals surface area contributed by atoms with Crippen molar-refractivity contribution in [3.05, 3.63) is 36.5 Å². The summed E-state index contributed by atoms with van der Waals surface area (Å²) < 4.78 is 0. The van der Waals surface area contributed by atoms with Crippen LogP contribution in [0.4, 0.5) is 0 Å². The molecule has 2 N–H and O–H groups in total. The second-order valence-electron chi connectivity index (χ2n) is 4.65. The molecular weight excluding hydrogens is 170 g/mol. The van der Waals surface area contributed by atoms with E-state index in [2.05, 4.69) is 33.4 Å². The van der Waals surface area contributed by atoms with Gasteiger partial charge in [0.2, 0.25) is 0 Å². The van der Waals surface area contributed by atoms with Gasteiger partial charge in [0.15, 0.2) is 0 Å². The van der Waals surface area contributed by atoms with Crippen LogP contribution in [0.1, 0.15) is 34.1 Å². The fourth-order valence-corrected chi connectivity index (χ4v) is 0.999. The van der Waals surface area contributed by atoms with Crippen molar-refractivity contribution in [2.45, 2.75) is 40.2 Å². The van der Waals surface area contributed by atoms with Crippen LogP contribution in [0.5, 0.6) is 0 Å².